The first kappa shape index (κ1) is 20.2. The molecule has 0 saturated heterocycles. The van der Waals surface area contributed by atoms with Crippen LogP contribution in [-0.4, -0.2) is 28.5 Å². The lowest BCUT2D eigenvalue weighted by molar-refractivity contribution is -0.113. The molecule has 3 heterocycles. The van der Waals surface area contributed by atoms with E-state index in [1.54, 1.807) is 11.3 Å². The average molecular weight is 433 g/mol. The highest BCUT2D eigenvalue weighted by Crippen LogP contribution is 2.42. The molecule has 1 aliphatic carbocycles. The van der Waals surface area contributed by atoms with Gasteiger partial charge in [-0.1, -0.05) is 0 Å². The number of nitrogens with two attached hydrogens (primary N) is 1. The summed E-state index contributed by atoms with van der Waals surface area (Å²) in [5.41, 5.74) is 13.2. The number of aromatic amines is 1. The second-order valence-corrected chi connectivity index (χ2v) is 9.77. The van der Waals surface area contributed by atoms with E-state index in [4.69, 9.17) is 5.73 Å². The molecule has 0 radical (unpaired) electrons. The number of fused-ring (bicyclic) bond motifs is 1. The van der Waals surface area contributed by atoms with Gasteiger partial charge >= 0.3 is 0 Å². The van der Waals surface area contributed by atoms with Gasteiger partial charge in [-0.3, -0.25) is 4.79 Å². The van der Waals surface area contributed by atoms with Crippen molar-refractivity contribution in [1.29, 1.82) is 0 Å². The standard InChI is InChI=1S/C25H28N4OS/c1-15-11-16(2)28-22(15)13-21-20-12-18(24-27-9-10-31-24)5-8-23(20)29(25(21)30)14-17-3-6-19(26)7-4-17/h5,8-13,17,19,28H,3-4,6-7,14,26H2,1-2H3/b21-13-. The van der Waals surface area contributed by atoms with Crippen LogP contribution in [0.4, 0.5) is 5.69 Å². The molecular formula is C25H28N4OS. The molecule has 3 N–H and O–H groups in total. The van der Waals surface area contributed by atoms with Gasteiger partial charge in [0.05, 0.1) is 11.3 Å². The minimum atomic E-state index is 0.0906. The van der Waals surface area contributed by atoms with Crippen molar-refractivity contribution in [3.8, 4) is 10.6 Å². The molecule has 0 atom stereocenters. The van der Waals surface area contributed by atoms with Crippen LogP contribution in [0.1, 0.15) is 48.2 Å². The van der Waals surface area contributed by atoms with Crippen molar-refractivity contribution >= 4 is 34.6 Å². The zero-order valence-corrected chi connectivity index (χ0v) is 18.8. The van der Waals surface area contributed by atoms with Crippen molar-refractivity contribution in [1.82, 2.24) is 9.97 Å². The number of nitrogens with zero attached hydrogens (tertiary/aromatic N) is 2. The normalized spacial score (nSPS) is 22.4. The van der Waals surface area contributed by atoms with E-state index in [0.717, 1.165) is 76.6 Å². The van der Waals surface area contributed by atoms with Crippen molar-refractivity contribution in [2.45, 2.75) is 45.6 Å². The summed E-state index contributed by atoms with van der Waals surface area (Å²) in [6.45, 7) is 4.88. The van der Waals surface area contributed by atoms with Crippen LogP contribution in [0.5, 0.6) is 0 Å². The quantitative estimate of drug-likeness (QED) is 0.559. The number of hydrogen-bond acceptors (Lipinski definition) is 4. The van der Waals surface area contributed by atoms with Crippen LogP contribution in [0.25, 0.3) is 22.2 Å². The first-order valence-electron chi connectivity index (χ1n) is 11.0. The third-order valence-corrected chi connectivity index (χ3v) is 7.37. The number of H-pyrrole nitrogens is 1. The van der Waals surface area contributed by atoms with E-state index >= 15 is 0 Å². The molecular weight excluding hydrogens is 404 g/mol. The van der Waals surface area contributed by atoms with Crippen LogP contribution < -0.4 is 10.6 Å². The Morgan fingerprint density at radius 1 is 1.23 bits per heavy atom. The van der Waals surface area contributed by atoms with Crippen molar-refractivity contribution in [3.63, 3.8) is 0 Å². The van der Waals surface area contributed by atoms with E-state index < -0.39 is 0 Å². The fourth-order valence-electron chi connectivity index (χ4n) is 4.85. The Morgan fingerprint density at radius 2 is 2.03 bits per heavy atom. The summed E-state index contributed by atoms with van der Waals surface area (Å²) < 4.78 is 0. The van der Waals surface area contributed by atoms with Gasteiger partial charge in [0, 0.05) is 46.7 Å². The summed E-state index contributed by atoms with van der Waals surface area (Å²) >= 11 is 1.62. The summed E-state index contributed by atoms with van der Waals surface area (Å²) in [4.78, 5) is 23.5. The minimum Gasteiger partial charge on any atom is -0.359 e. The van der Waals surface area contributed by atoms with Gasteiger partial charge in [0.25, 0.3) is 5.91 Å². The topological polar surface area (TPSA) is 75.0 Å². The van der Waals surface area contributed by atoms with Crippen molar-refractivity contribution in [2.75, 3.05) is 11.4 Å². The lowest BCUT2D eigenvalue weighted by Gasteiger charge is -2.29. The van der Waals surface area contributed by atoms with Crippen molar-refractivity contribution in [3.05, 3.63) is 58.4 Å². The molecule has 2 aromatic heterocycles. The molecule has 1 fully saturated rings. The van der Waals surface area contributed by atoms with E-state index in [1.165, 1.54) is 0 Å². The van der Waals surface area contributed by atoms with E-state index in [-0.39, 0.29) is 5.91 Å². The van der Waals surface area contributed by atoms with Crippen LogP contribution in [-0.2, 0) is 4.79 Å². The number of aromatic nitrogens is 2. The highest BCUT2D eigenvalue weighted by atomic mass is 32.1. The summed E-state index contributed by atoms with van der Waals surface area (Å²) in [7, 11) is 0. The first-order chi connectivity index (χ1) is 15.0. The molecule has 160 valence electrons. The fraction of sp³-hybridized carbons (Fsp3) is 0.360. The van der Waals surface area contributed by atoms with Crippen molar-refractivity contribution in [2.24, 2.45) is 11.7 Å². The molecule has 0 bridgehead atoms. The number of anilines is 1. The number of carbonyl (C=O) groups excluding carboxylic acids is 1. The van der Waals surface area contributed by atoms with Gasteiger partial charge in [-0.05, 0) is 81.4 Å². The predicted molar refractivity (Wildman–Crippen MR) is 128 cm³/mol. The maximum atomic E-state index is 13.6. The lowest BCUT2D eigenvalue weighted by atomic mass is 9.86. The lowest BCUT2D eigenvalue weighted by Crippen LogP contribution is -2.36. The first-order valence-corrected chi connectivity index (χ1v) is 11.9. The molecule has 6 heteroatoms. The molecule has 1 amide bonds. The van der Waals surface area contributed by atoms with Gasteiger partial charge in [0.1, 0.15) is 5.01 Å². The zero-order chi connectivity index (χ0) is 21.5. The Morgan fingerprint density at radius 3 is 2.71 bits per heavy atom. The number of aryl methyl sites for hydroxylation is 2. The second kappa shape index (κ2) is 8.09. The molecule has 1 aromatic carbocycles. The minimum absolute atomic E-state index is 0.0906. The third-order valence-electron chi connectivity index (χ3n) is 6.54. The average Bonchev–Trinajstić information content (AvgIpc) is 3.45. The Bertz CT molecular complexity index is 1140. The molecule has 5 rings (SSSR count). The van der Waals surface area contributed by atoms with Crippen LogP contribution >= 0.6 is 11.3 Å². The number of rotatable bonds is 4. The maximum Gasteiger partial charge on any atom is 0.259 e. The predicted octanol–water partition coefficient (Wildman–Crippen LogP) is 5.16. The van der Waals surface area contributed by atoms with Gasteiger partial charge < -0.3 is 15.6 Å². The number of thiazole rings is 1. The Hall–Kier alpha value is -2.70. The number of benzene rings is 1. The molecule has 0 unspecified atom stereocenters. The molecule has 2 aliphatic rings. The van der Waals surface area contributed by atoms with Gasteiger partial charge in [-0.15, -0.1) is 11.3 Å². The van der Waals surface area contributed by atoms with Gasteiger partial charge in [-0.2, -0.15) is 0 Å². The number of carbonyl (C=O) groups is 1. The number of nitrogens with one attached hydrogen (secondary N) is 1. The SMILES string of the molecule is Cc1cc(C)c(/C=C2\C(=O)N(CC3CCC(N)CC3)c3ccc(-c4nccs4)cc32)[nH]1. The summed E-state index contributed by atoms with van der Waals surface area (Å²) in [6.07, 6.45) is 8.11. The van der Waals surface area contributed by atoms with Crippen LogP contribution in [0.15, 0.2) is 35.8 Å². The van der Waals surface area contributed by atoms with Crippen LogP contribution in [0.2, 0.25) is 0 Å². The Balaban J connectivity index is 1.55. The smallest absolute Gasteiger partial charge is 0.259 e. The third kappa shape index (κ3) is 3.86. The van der Waals surface area contributed by atoms with E-state index in [1.807, 2.05) is 29.5 Å². The molecule has 1 aliphatic heterocycles. The Labute approximate surface area is 187 Å². The molecule has 5 nitrogen and oxygen atoms in total. The highest BCUT2D eigenvalue weighted by Gasteiger charge is 2.35. The molecule has 0 spiro atoms. The summed E-state index contributed by atoms with van der Waals surface area (Å²) in [5, 5.41) is 2.96. The van der Waals surface area contributed by atoms with Crippen LogP contribution in [0, 0.1) is 19.8 Å². The molecule has 3 aromatic rings. The highest BCUT2D eigenvalue weighted by molar-refractivity contribution is 7.13. The zero-order valence-electron chi connectivity index (χ0n) is 18.0. The number of amides is 1. The van der Waals surface area contributed by atoms with Gasteiger partial charge in [0.15, 0.2) is 0 Å². The second-order valence-electron chi connectivity index (χ2n) is 8.87. The van der Waals surface area contributed by atoms with Crippen molar-refractivity contribution < 1.29 is 4.79 Å². The number of hydrogen-bond donors (Lipinski definition) is 2. The maximum absolute atomic E-state index is 13.6. The largest absolute Gasteiger partial charge is 0.359 e. The van der Waals surface area contributed by atoms with E-state index in [2.05, 4.69) is 41.2 Å². The van der Waals surface area contributed by atoms with E-state index in [9.17, 15) is 4.79 Å². The van der Waals surface area contributed by atoms with Gasteiger partial charge in [-0.25, -0.2) is 4.98 Å². The molecule has 1 saturated carbocycles. The van der Waals surface area contributed by atoms with E-state index in [0.29, 0.717) is 12.0 Å². The Kier molecular flexibility index (Phi) is 5.28. The van der Waals surface area contributed by atoms with Gasteiger partial charge in [0.2, 0.25) is 0 Å². The summed E-state index contributed by atoms with van der Waals surface area (Å²) in [5.74, 6) is 0.594. The summed E-state index contributed by atoms with van der Waals surface area (Å²) in [6, 6.07) is 8.73. The fourth-order valence-corrected chi connectivity index (χ4v) is 5.49. The molecule has 31 heavy (non-hydrogen) atoms. The van der Waals surface area contributed by atoms with Crippen LogP contribution in [0.3, 0.4) is 0 Å². The monoisotopic (exact) mass is 432 g/mol.